The quantitative estimate of drug-likeness (QED) is 0.857. The van der Waals surface area contributed by atoms with Gasteiger partial charge in [-0.3, -0.25) is 4.79 Å². The number of aromatic nitrogens is 1. The molecule has 0 aromatic carbocycles. The molecule has 106 valence electrons. The summed E-state index contributed by atoms with van der Waals surface area (Å²) >= 11 is 8.81. The first-order valence-electron chi connectivity index (χ1n) is 5.87. The van der Waals surface area contributed by atoms with E-state index in [0.29, 0.717) is 18.1 Å². The minimum absolute atomic E-state index is 0.0661. The first-order chi connectivity index (χ1) is 9.54. The lowest BCUT2D eigenvalue weighted by Crippen LogP contribution is -2.27. The van der Waals surface area contributed by atoms with E-state index in [1.807, 2.05) is 18.2 Å². The van der Waals surface area contributed by atoms with Crippen molar-refractivity contribution in [3.8, 4) is 0 Å². The molecule has 0 unspecified atom stereocenters. The second kappa shape index (κ2) is 6.97. The number of hydrogen-bond donors (Lipinski definition) is 1. The molecular weight excluding hydrogens is 314 g/mol. The van der Waals surface area contributed by atoms with Gasteiger partial charge in [0.2, 0.25) is 5.91 Å². The molecule has 0 atom stereocenters. The fraction of sp³-hybridized carbons (Fsp3) is 0.231. The van der Waals surface area contributed by atoms with Crippen molar-refractivity contribution in [2.75, 3.05) is 18.5 Å². The highest BCUT2D eigenvalue weighted by atomic mass is 35.5. The van der Waals surface area contributed by atoms with Crippen LogP contribution in [0.2, 0.25) is 4.34 Å². The zero-order chi connectivity index (χ0) is 14.5. The lowest BCUT2D eigenvalue weighted by atomic mass is 10.4. The summed E-state index contributed by atoms with van der Waals surface area (Å²) in [5.41, 5.74) is 5.51. The number of hydrogen-bond acceptors (Lipinski definition) is 5. The van der Waals surface area contributed by atoms with Gasteiger partial charge in [0, 0.05) is 23.0 Å². The lowest BCUT2D eigenvalue weighted by Gasteiger charge is -2.15. The Hall–Kier alpha value is -1.24. The Kier molecular flexibility index (Phi) is 5.28. The highest BCUT2D eigenvalue weighted by Crippen LogP contribution is 2.23. The van der Waals surface area contributed by atoms with Crippen molar-refractivity contribution in [1.29, 1.82) is 0 Å². The van der Waals surface area contributed by atoms with Crippen molar-refractivity contribution in [3.05, 3.63) is 39.7 Å². The SMILES string of the molecule is CN(Cc1ccc(Cl)s1)C(=O)CSc1ccc(N)nc1. The van der Waals surface area contributed by atoms with E-state index in [-0.39, 0.29) is 5.91 Å². The molecule has 2 heterocycles. The van der Waals surface area contributed by atoms with Gasteiger partial charge in [0.25, 0.3) is 0 Å². The van der Waals surface area contributed by atoms with Gasteiger partial charge in [-0.25, -0.2) is 4.98 Å². The Labute approximate surface area is 130 Å². The Morgan fingerprint density at radius 3 is 2.85 bits per heavy atom. The Balaban J connectivity index is 1.83. The molecule has 0 saturated carbocycles. The minimum atomic E-state index is 0.0661. The number of rotatable bonds is 5. The van der Waals surface area contributed by atoms with Crippen LogP contribution in [0.25, 0.3) is 0 Å². The number of thiophene rings is 1. The van der Waals surface area contributed by atoms with Crippen LogP contribution < -0.4 is 5.73 Å². The molecule has 2 rings (SSSR count). The van der Waals surface area contributed by atoms with Crippen LogP contribution in [0, 0.1) is 0 Å². The van der Waals surface area contributed by atoms with Crippen LogP contribution in [0.5, 0.6) is 0 Å². The average molecular weight is 328 g/mol. The van der Waals surface area contributed by atoms with E-state index in [4.69, 9.17) is 17.3 Å². The predicted octanol–water partition coefficient (Wildman–Crippen LogP) is 3.13. The number of carbonyl (C=O) groups excluding carboxylic acids is 1. The number of carbonyl (C=O) groups is 1. The Bertz CT molecular complexity index is 586. The molecule has 1 amide bonds. The molecule has 2 N–H and O–H groups in total. The van der Waals surface area contributed by atoms with E-state index >= 15 is 0 Å². The predicted molar refractivity (Wildman–Crippen MR) is 85.2 cm³/mol. The molecule has 0 aliphatic heterocycles. The summed E-state index contributed by atoms with van der Waals surface area (Å²) < 4.78 is 0.739. The average Bonchev–Trinajstić information content (AvgIpc) is 2.83. The van der Waals surface area contributed by atoms with Gasteiger partial charge in [0.05, 0.1) is 16.6 Å². The molecule has 0 fully saturated rings. The van der Waals surface area contributed by atoms with Crippen LogP contribution in [-0.4, -0.2) is 28.6 Å². The van der Waals surface area contributed by atoms with Crippen LogP contribution in [0.1, 0.15) is 4.88 Å². The smallest absolute Gasteiger partial charge is 0.233 e. The van der Waals surface area contributed by atoms with Gasteiger partial charge in [-0.1, -0.05) is 11.6 Å². The summed E-state index contributed by atoms with van der Waals surface area (Å²) in [6.45, 7) is 0.580. The van der Waals surface area contributed by atoms with Gasteiger partial charge in [0.1, 0.15) is 5.82 Å². The molecule has 0 bridgehead atoms. The third-order valence-electron chi connectivity index (χ3n) is 2.57. The Morgan fingerprint density at radius 2 is 2.25 bits per heavy atom. The van der Waals surface area contributed by atoms with Gasteiger partial charge in [-0.2, -0.15) is 0 Å². The zero-order valence-corrected chi connectivity index (χ0v) is 13.3. The molecule has 20 heavy (non-hydrogen) atoms. The van der Waals surface area contributed by atoms with E-state index in [0.717, 1.165) is 14.1 Å². The summed E-state index contributed by atoms with van der Waals surface area (Å²) in [5, 5.41) is 0. The number of nitrogens with zero attached hydrogens (tertiary/aromatic N) is 2. The third kappa shape index (κ3) is 4.40. The van der Waals surface area contributed by atoms with Crippen LogP contribution >= 0.6 is 34.7 Å². The van der Waals surface area contributed by atoms with Crippen LogP contribution in [0.15, 0.2) is 35.4 Å². The topological polar surface area (TPSA) is 59.2 Å². The molecule has 2 aromatic rings. The van der Waals surface area contributed by atoms with E-state index in [2.05, 4.69) is 4.98 Å². The maximum atomic E-state index is 12.0. The van der Waals surface area contributed by atoms with Gasteiger partial charge < -0.3 is 10.6 Å². The number of anilines is 1. The van der Waals surface area contributed by atoms with Crippen molar-refractivity contribution < 1.29 is 4.79 Å². The molecule has 7 heteroatoms. The first kappa shape index (κ1) is 15.2. The van der Waals surface area contributed by atoms with Crippen molar-refractivity contribution in [2.24, 2.45) is 0 Å². The summed E-state index contributed by atoms with van der Waals surface area (Å²) in [4.78, 5) is 19.7. The van der Waals surface area contributed by atoms with Crippen molar-refractivity contribution in [1.82, 2.24) is 9.88 Å². The molecule has 0 aliphatic carbocycles. The monoisotopic (exact) mass is 327 g/mol. The number of nitrogens with two attached hydrogens (primary N) is 1. The van der Waals surface area contributed by atoms with E-state index in [1.54, 1.807) is 24.2 Å². The molecule has 0 aliphatic rings. The zero-order valence-electron chi connectivity index (χ0n) is 10.9. The van der Waals surface area contributed by atoms with Crippen LogP contribution in [0.3, 0.4) is 0 Å². The van der Waals surface area contributed by atoms with Crippen molar-refractivity contribution in [2.45, 2.75) is 11.4 Å². The highest BCUT2D eigenvalue weighted by molar-refractivity contribution is 8.00. The third-order valence-corrected chi connectivity index (χ3v) is 4.75. The maximum absolute atomic E-state index is 12.0. The standard InChI is InChI=1S/C13H14ClN3OS2/c1-17(7-10-2-4-11(14)20-10)13(18)8-19-9-3-5-12(15)16-6-9/h2-6H,7-8H2,1H3,(H2,15,16). The number of nitrogen functional groups attached to an aromatic ring is 1. The van der Waals surface area contributed by atoms with Gasteiger partial charge in [-0.05, 0) is 24.3 Å². The van der Waals surface area contributed by atoms with Crippen LogP contribution in [0.4, 0.5) is 5.82 Å². The molecule has 4 nitrogen and oxygen atoms in total. The first-order valence-corrected chi connectivity index (χ1v) is 8.05. The normalized spacial score (nSPS) is 10.5. The molecule has 0 radical (unpaired) electrons. The van der Waals surface area contributed by atoms with Gasteiger partial charge in [0.15, 0.2) is 0 Å². The minimum Gasteiger partial charge on any atom is -0.384 e. The van der Waals surface area contributed by atoms with E-state index in [9.17, 15) is 4.79 Å². The lowest BCUT2D eigenvalue weighted by molar-refractivity contribution is -0.127. The molecule has 0 saturated heterocycles. The molecule has 2 aromatic heterocycles. The number of halogens is 1. The van der Waals surface area contributed by atoms with Crippen molar-refractivity contribution in [3.63, 3.8) is 0 Å². The largest absolute Gasteiger partial charge is 0.384 e. The van der Waals surface area contributed by atoms with Gasteiger partial charge in [-0.15, -0.1) is 23.1 Å². The highest BCUT2D eigenvalue weighted by Gasteiger charge is 2.11. The van der Waals surface area contributed by atoms with Gasteiger partial charge >= 0.3 is 0 Å². The Morgan fingerprint density at radius 1 is 1.45 bits per heavy atom. The second-order valence-corrected chi connectivity index (χ2v) is 7.01. The molecular formula is C13H14ClN3OS2. The second-order valence-electron chi connectivity index (χ2n) is 4.16. The van der Waals surface area contributed by atoms with Crippen molar-refractivity contribution >= 4 is 46.4 Å². The fourth-order valence-corrected chi connectivity index (χ4v) is 3.43. The summed E-state index contributed by atoms with van der Waals surface area (Å²) in [7, 11) is 1.79. The number of thioether (sulfide) groups is 1. The number of pyridine rings is 1. The summed E-state index contributed by atoms with van der Waals surface area (Å²) in [5.74, 6) is 0.921. The fourth-order valence-electron chi connectivity index (χ4n) is 1.49. The van der Waals surface area contributed by atoms with E-state index < -0.39 is 0 Å². The van der Waals surface area contributed by atoms with Crippen LogP contribution in [-0.2, 0) is 11.3 Å². The summed E-state index contributed by atoms with van der Waals surface area (Å²) in [6.07, 6.45) is 1.67. The molecule has 0 spiro atoms. The number of amides is 1. The maximum Gasteiger partial charge on any atom is 0.233 e. The summed E-state index contributed by atoms with van der Waals surface area (Å²) in [6, 6.07) is 7.37. The van der Waals surface area contributed by atoms with E-state index in [1.165, 1.54) is 23.1 Å².